The fraction of sp³-hybridized carbons (Fsp3) is 0.133. The van der Waals surface area contributed by atoms with Gasteiger partial charge in [0, 0.05) is 17.7 Å². The van der Waals surface area contributed by atoms with E-state index >= 15 is 0 Å². The average molecular weight is 225 g/mol. The second-order valence-electron chi connectivity index (χ2n) is 4.10. The Morgan fingerprint density at radius 2 is 1.71 bits per heavy atom. The molecule has 0 fully saturated rings. The largest absolute Gasteiger partial charge is 0.326 e. The molecule has 2 heteroatoms. The van der Waals surface area contributed by atoms with Gasteiger partial charge in [0.15, 0.2) is 5.78 Å². The molecule has 0 spiro atoms. The Hall–Kier alpha value is -1.93. The van der Waals surface area contributed by atoms with Gasteiger partial charge in [-0.1, -0.05) is 42.0 Å². The minimum Gasteiger partial charge on any atom is -0.326 e. The van der Waals surface area contributed by atoms with E-state index in [0.717, 1.165) is 16.7 Å². The van der Waals surface area contributed by atoms with Crippen molar-refractivity contribution in [1.82, 2.24) is 0 Å². The fourth-order valence-electron chi connectivity index (χ4n) is 1.79. The highest BCUT2D eigenvalue weighted by Crippen LogP contribution is 2.13. The predicted molar refractivity (Wildman–Crippen MR) is 68.9 cm³/mol. The van der Waals surface area contributed by atoms with Gasteiger partial charge in [0.05, 0.1) is 0 Å². The Morgan fingerprint density at radius 1 is 1.06 bits per heavy atom. The highest BCUT2D eigenvalue weighted by atomic mass is 16.1. The molecule has 0 bridgehead atoms. The van der Waals surface area contributed by atoms with Crippen LogP contribution in [0, 0.1) is 6.92 Å². The molecule has 2 nitrogen and oxygen atoms in total. The SMILES string of the molecule is Cc1cccc(C(=O)c2cccc(CN)c2)c1. The molecule has 0 aliphatic heterocycles. The van der Waals surface area contributed by atoms with Crippen LogP contribution >= 0.6 is 0 Å². The van der Waals surface area contributed by atoms with E-state index in [0.29, 0.717) is 12.1 Å². The van der Waals surface area contributed by atoms with E-state index in [9.17, 15) is 4.79 Å². The molecule has 0 aromatic heterocycles. The third-order valence-electron chi connectivity index (χ3n) is 2.71. The first-order valence-corrected chi connectivity index (χ1v) is 5.61. The van der Waals surface area contributed by atoms with Crippen molar-refractivity contribution in [2.45, 2.75) is 13.5 Å². The zero-order valence-corrected chi connectivity index (χ0v) is 9.81. The summed E-state index contributed by atoms with van der Waals surface area (Å²) in [6, 6.07) is 15.1. The maximum atomic E-state index is 12.2. The van der Waals surface area contributed by atoms with Crippen molar-refractivity contribution in [2.75, 3.05) is 0 Å². The highest BCUT2D eigenvalue weighted by Gasteiger charge is 2.08. The molecule has 0 aliphatic rings. The van der Waals surface area contributed by atoms with E-state index in [2.05, 4.69) is 0 Å². The lowest BCUT2D eigenvalue weighted by molar-refractivity contribution is 0.103. The summed E-state index contributed by atoms with van der Waals surface area (Å²) >= 11 is 0. The first-order valence-electron chi connectivity index (χ1n) is 5.61. The second-order valence-corrected chi connectivity index (χ2v) is 4.10. The summed E-state index contributed by atoms with van der Waals surface area (Å²) in [5.74, 6) is 0.0454. The molecule has 86 valence electrons. The van der Waals surface area contributed by atoms with Gasteiger partial charge < -0.3 is 5.73 Å². The van der Waals surface area contributed by atoms with E-state index in [1.165, 1.54) is 0 Å². The number of aryl methyl sites for hydroxylation is 1. The Bertz CT molecular complexity index is 546. The standard InChI is InChI=1S/C15H15NO/c1-11-4-2-6-13(8-11)15(17)14-7-3-5-12(9-14)10-16/h2-9H,10,16H2,1H3. The van der Waals surface area contributed by atoms with E-state index in [-0.39, 0.29) is 5.78 Å². The molecule has 0 saturated carbocycles. The van der Waals surface area contributed by atoms with Crippen molar-refractivity contribution >= 4 is 5.78 Å². The summed E-state index contributed by atoms with van der Waals surface area (Å²) in [7, 11) is 0. The topological polar surface area (TPSA) is 43.1 Å². The first kappa shape index (κ1) is 11.6. The van der Waals surface area contributed by atoms with Gasteiger partial charge >= 0.3 is 0 Å². The molecule has 0 aliphatic carbocycles. The zero-order valence-electron chi connectivity index (χ0n) is 9.81. The van der Waals surface area contributed by atoms with Crippen molar-refractivity contribution in [3.63, 3.8) is 0 Å². The van der Waals surface area contributed by atoms with Crippen LogP contribution < -0.4 is 5.73 Å². The molecule has 2 aromatic carbocycles. The van der Waals surface area contributed by atoms with Crippen LogP contribution in [0.25, 0.3) is 0 Å². The number of carbonyl (C=O) groups is 1. The molecule has 0 saturated heterocycles. The molecular formula is C15H15NO. The van der Waals surface area contributed by atoms with Crippen LogP contribution in [-0.4, -0.2) is 5.78 Å². The first-order chi connectivity index (χ1) is 8.20. The van der Waals surface area contributed by atoms with Crippen LogP contribution in [0.5, 0.6) is 0 Å². The monoisotopic (exact) mass is 225 g/mol. The summed E-state index contributed by atoms with van der Waals surface area (Å²) in [4.78, 5) is 12.2. The molecule has 2 aromatic rings. The van der Waals surface area contributed by atoms with Gasteiger partial charge in [-0.05, 0) is 24.6 Å². The minimum absolute atomic E-state index is 0.0454. The molecule has 0 amide bonds. The van der Waals surface area contributed by atoms with Gasteiger partial charge in [0.1, 0.15) is 0 Å². The molecule has 2 N–H and O–H groups in total. The Labute approximate surface area is 101 Å². The van der Waals surface area contributed by atoms with Gasteiger partial charge in [-0.2, -0.15) is 0 Å². The van der Waals surface area contributed by atoms with Gasteiger partial charge in [-0.3, -0.25) is 4.79 Å². The van der Waals surface area contributed by atoms with E-state index in [1.54, 1.807) is 0 Å². The third kappa shape index (κ3) is 2.60. The third-order valence-corrected chi connectivity index (χ3v) is 2.71. The van der Waals surface area contributed by atoms with Crippen LogP contribution in [-0.2, 0) is 6.54 Å². The molecule has 0 atom stereocenters. The average Bonchev–Trinajstić information content (AvgIpc) is 2.38. The van der Waals surface area contributed by atoms with Crippen LogP contribution in [0.4, 0.5) is 0 Å². The number of hydrogen-bond donors (Lipinski definition) is 1. The summed E-state index contributed by atoms with van der Waals surface area (Å²) in [5, 5.41) is 0. The number of hydrogen-bond acceptors (Lipinski definition) is 2. The molecule has 0 heterocycles. The van der Waals surface area contributed by atoms with E-state index in [1.807, 2.05) is 55.5 Å². The molecular weight excluding hydrogens is 210 g/mol. The lowest BCUT2D eigenvalue weighted by atomic mass is 10.00. The van der Waals surface area contributed by atoms with E-state index < -0.39 is 0 Å². The maximum absolute atomic E-state index is 12.2. The molecule has 0 radical (unpaired) electrons. The number of rotatable bonds is 3. The van der Waals surface area contributed by atoms with Gasteiger partial charge in [0.2, 0.25) is 0 Å². The van der Waals surface area contributed by atoms with Crippen LogP contribution in [0.2, 0.25) is 0 Å². The Morgan fingerprint density at radius 3 is 2.35 bits per heavy atom. The maximum Gasteiger partial charge on any atom is 0.193 e. The summed E-state index contributed by atoms with van der Waals surface area (Å²) in [5.41, 5.74) is 9.05. The smallest absolute Gasteiger partial charge is 0.193 e. The van der Waals surface area contributed by atoms with Crippen molar-refractivity contribution in [1.29, 1.82) is 0 Å². The molecule has 0 unspecified atom stereocenters. The summed E-state index contributed by atoms with van der Waals surface area (Å²) in [6.45, 7) is 2.43. The molecule has 2 rings (SSSR count). The Kier molecular flexibility index (Phi) is 3.35. The Balaban J connectivity index is 2.36. The predicted octanol–water partition coefficient (Wildman–Crippen LogP) is 2.68. The number of ketones is 1. The van der Waals surface area contributed by atoms with Crippen LogP contribution in [0.15, 0.2) is 48.5 Å². The molecule has 17 heavy (non-hydrogen) atoms. The van der Waals surface area contributed by atoms with Crippen LogP contribution in [0.3, 0.4) is 0 Å². The summed E-state index contributed by atoms with van der Waals surface area (Å²) < 4.78 is 0. The van der Waals surface area contributed by atoms with Gasteiger partial charge in [-0.15, -0.1) is 0 Å². The lowest BCUT2D eigenvalue weighted by Gasteiger charge is -2.04. The summed E-state index contributed by atoms with van der Waals surface area (Å²) in [6.07, 6.45) is 0. The highest BCUT2D eigenvalue weighted by molar-refractivity contribution is 6.09. The number of benzene rings is 2. The minimum atomic E-state index is 0.0454. The second kappa shape index (κ2) is 4.93. The zero-order chi connectivity index (χ0) is 12.3. The number of carbonyl (C=O) groups excluding carboxylic acids is 1. The van der Waals surface area contributed by atoms with Gasteiger partial charge in [-0.25, -0.2) is 0 Å². The fourth-order valence-corrected chi connectivity index (χ4v) is 1.79. The normalized spacial score (nSPS) is 10.2. The van der Waals surface area contributed by atoms with Crippen molar-refractivity contribution in [3.05, 3.63) is 70.8 Å². The van der Waals surface area contributed by atoms with E-state index in [4.69, 9.17) is 5.73 Å². The lowest BCUT2D eigenvalue weighted by Crippen LogP contribution is -2.04. The van der Waals surface area contributed by atoms with Crippen molar-refractivity contribution in [3.8, 4) is 0 Å². The number of nitrogens with two attached hydrogens (primary N) is 1. The van der Waals surface area contributed by atoms with Crippen molar-refractivity contribution in [2.24, 2.45) is 5.73 Å². The quantitative estimate of drug-likeness (QED) is 0.816. The van der Waals surface area contributed by atoms with Crippen LogP contribution in [0.1, 0.15) is 27.0 Å². The van der Waals surface area contributed by atoms with Crippen molar-refractivity contribution < 1.29 is 4.79 Å². The van der Waals surface area contributed by atoms with Gasteiger partial charge in [0.25, 0.3) is 0 Å².